The van der Waals surface area contributed by atoms with Crippen LogP contribution in [-0.2, 0) is 17.9 Å². The first-order chi connectivity index (χ1) is 16.0. The van der Waals surface area contributed by atoms with Crippen LogP contribution in [0, 0.1) is 0 Å². The van der Waals surface area contributed by atoms with Crippen LogP contribution in [0.2, 0.25) is 0 Å². The van der Waals surface area contributed by atoms with Crippen molar-refractivity contribution in [2.45, 2.75) is 52.2 Å². The summed E-state index contributed by atoms with van der Waals surface area (Å²) >= 11 is 0. The lowest BCUT2D eigenvalue weighted by atomic mass is 10.0. The fourth-order valence-corrected chi connectivity index (χ4v) is 4.38. The molecule has 174 valence electrons. The smallest absolute Gasteiger partial charge is 0.333 e. The van der Waals surface area contributed by atoms with Gasteiger partial charge in [0.05, 0.1) is 0 Å². The molecule has 9 nitrogen and oxygen atoms in total. The highest BCUT2D eigenvalue weighted by Gasteiger charge is 2.19. The predicted molar refractivity (Wildman–Crippen MR) is 127 cm³/mol. The number of aromatic nitrogens is 4. The minimum absolute atomic E-state index is 0.214. The Kier molecular flexibility index (Phi) is 6.98. The van der Waals surface area contributed by atoms with Gasteiger partial charge in [-0.15, -0.1) is 0 Å². The molecular weight excluding hydrogens is 420 g/mol. The van der Waals surface area contributed by atoms with Gasteiger partial charge in [-0.25, -0.2) is 14.8 Å². The lowest BCUT2D eigenvalue weighted by Gasteiger charge is -2.33. The Morgan fingerprint density at radius 2 is 1.94 bits per heavy atom. The molecule has 1 fully saturated rings. The molecule has 1 saturated heterocycles. The van der Waals surface area contributed by atoms with E-state index < -0.39 is 11.2 Å². The Bertz CT molecular complexity index is 1250. The number of aryl methyl sites for hydroxylation is 1. The normalized spacial score (nSPS) is 16.7. The molecule has 0 unspecified atom stereocenters. The highest BCUT2D eigenvalue weighted by molar-refractivity contribution is 5.78. The summed E-state index contributed by atoms with van der Waals surface area (Å²) in [4.78, 5) is 49.8. The highest BCUT2D eigenvalue weighted by atomic mass is 16.2. The summed E-state index contributed by atoms with van der Waals surface area (Å²) in [7, 11) is 0. The Morgan fingerprint density at radius 3 is 2.67 bits per heavy atom. The Labute approximate surface area is 192 Å². The van der Waals surface area contributed by atoms with Crippen LogP contribution in [0.15, 0.2) is 46.1 Å². The molecule has 0 saturated carbocycles. The number of benzene rings is 1. The molecule has 1 aliphatic heterocycles. The van der Waals surface area contributed by atoms with E-state index in [0.717, 1.165) is 23.2 Å². The lowest BCUT2D eigenvalue weighted by Crippen LogP contribution is -2.46. The number of amides is 1. The van der Waals surface area contributed by atoms with Gasteiger partial charge in [0, 0.05) is 37.4 Å². The molecule has 1 aromatic carbocycles. The molecule has 0 radical (unpaired) electrons. The van der Waals surface area contributed by atoms with Gasteiger partial charge in [0.1, 0.15) is 11.9 Å². The molecule has 1 N–H and O–H groups in total. The predicted octanol–water partition coefficient (Wildman–Crippen LogP) is 1.63. The summed E-state index contributed by atoms with van der Waals surface area (Å²) in [5.74, 6) is 0.0780. The van der Waals surface area contributed by atoms with Crippen molar-refractivity contribution in [2.75, 3.05) is 19.6 Å². The summed E-state index contributed by atoms with van der Waals surface area (Å²) in [5, 5.41) is 3.06. The van der Waals surface area contributed by atoms with Gasteiger partial charge in [-0.2, -0.15) is 0 Å². The van der Waals surface area contributed by atoms with Crippen molar-refractivity contribution in [3.8, 4) is 11.4 Å². The van der Waals surface area contributed by atoms with Gasteiger partial charge in [-0.05, 0) is 33.2 Å². The van der Waals surface area contributed by atoms with Crippen LogP contribution >= 0.6 is 0 Å². The summed E-state index contributed by atoms with van der Waals surface area (Å²) in [6.07, 6.45) is 5.03. The number of fused-ring (bicyclic) bond motifs is 1. The third-order valence-electron chi connectivity index (χ3n) is 6.27. The van der Waals surface area contributed by atoms with E-state index in [4.69, 9.17) is 0 Å². The second-order valence-corrected chi connectivity index (χ2v) is 8.45. The van der Waals surface area contributed by atoms with Crippen molar-refractivity contribution in [3.63, 3.8) is 0 Å². The quantitative estimate of drug-likeness (QED) is 0.587. The van der Waals surface area contributed by atoms with Crippen molar-refractivity contribution >= 4 is 16.9 Å². The maximum absolute atomic E-state index is 13.1. The van der Waals surface area contributed by atoms with Gasteiger partial charge in [-0.3, -0.25) is 23.6 Å². The molecule has 2 aromatic heterocycles. The molecule has 0 bridgehead atoms. The van der Waals surface area contributed by atoms with Crippen molar-refractivity contribution in [1.29, 1.82) is 0 Å². The zero-order chi connectivity index (χ0) is 23.4. The second-order valence-electron chi connectivity index (χ2n) is 8.45. The fourth-order valence-electron chi connectivity index (χ4n) is 4.38. The van der Waals surface area contributed by atoms with Gasteiger partial charge in [0.25, 0.3) is 5.56 Å². The van der Waals surface area contributed by atoms with Crippen LogP contribution < -0.4 is 16.6 Å². The van der Waals surface area contributed by atoms with E-state index in [2.05, 4.69) is 27.1 Å². The molecule has 1 amide bonds. The van der Waals surface area contributed by atoms with Crippen molar-refractivity contribution in [3.05, 3.63) is 57.4 Å². The number of hydrogen-bond donors (Lipinski definition) is 1. The third-order valence-corrected chi connectivity index (χ3v) is 6.27. The van der Waals surface area contributed by atoms with Crippen LogP contribution in [0.5, 0.6) is 0 Å². The summed E-state index contributed by atoms with van der Waals surface area (Å²) < 4.78 is 2.38. The zero-order valence-electron chi connectivity index (χ0n) is 19.2. The van der Waals surface area contributed by atoms with Gasteiger partial charge < -0.3 is 5.32 Å². The fraction of sp³-hybridized carbons (Fsp3) is 0.458. The number of carbonyl (C=O) groups is 1. The van der Waals surface area contributed by atoms with E-state index in [1.807, 2.05) is 30.3 Å². The van der Waals surface area contributed by atoms with Crippen molar-refractivity contribution in [2.24, 2.45) is 0 Å². The van der Waals surface area contributed by atoms with E-state index in [9.17, 15) is 14.4 Å². The SMILES string of the molecule is CCn1c(=O)n(CC(=O)NCCN2CCCC[C@@H]2C)c(=O)c2cnc(-c3ccccc3)nc21. The van der Waals surface area contributed by atoms with Crippen molar-refractivity contribution in [1.82, 2.24) is 29.3 Å². The number of carbonyl (C=O) groups excluding carboxylic acids is 1. The number of hydrogen-bond acceptors (Lipinski definition) is 6. The topological polar surface area (TPSA) is 102 Å². The Balaban J connectivity index is 1.56. The number of likely N-dealkylation sites (tertiary alicyclic amines) is 1. The molecule has 3 heterocycles. The van der Waals surface area contributed by atoms with Gasteiger partial charge in [0.2, 0.25) is 5.91 Å². The Morgan fingerprint density at radius 1 is 1.15 bits per heavy atom. The average molecular weight is 451 g/mol. The first-order valence-electron chi connectivity index (χ1n) is 11.6. The monoisotopic (exact) mass is 450 g/mol. The van der Waals surface area contributed by atoms with E-state index in [1.54, 1.807) is 6.92 Å². The standard InChI is InChI=1S/C24H30N6O3/c1-3-29-22-19(15-26-21(27-22)18-10-5-4-6-11-18)23(32)30(24(29)33)16-20(31)25-12-14-28-13-8-7-9-17(28)2/h4-6,10-11,15,17H,3,7-9,12-14,16H2,1-2H3,(H,25,31)/t17-/m0/s1. The van der Waals surface area contributed by atoms with Crippen LogP contribution in [-0.4, -0.2) is 55.6 Å². The van der Waals surface area contributed by atoms with Crippen LogP contribution in [0.1, 0.15) is 33.1 Å². The van der Waals surface area contributed by atoms with Gasteiger partial charge >= 0.3 is 5.69 Å². The summed E-state index contributed by atoms with van der Waals surface area (Å²) in [5.41, 5.74) is -0.0372. The molecule has 9 heteroatoms. The van der Waals surface area contributed by atoms with Crippen molar-refractivity contribution < 1.29 is 4.79 Å². The van der Waals surface area contributed by atoms with E-state index in [-0.39, 0.29) is 23.5 Å². The van der Waals surface area contributed by atoms with E-state index >= 15 is 0 Å². The first kappa shape index (κ1) is 22.8. The minimum atomic E-state index is -0.556. The summed E-state index contributed by atoms with van der Waals surface area (Å²) in [6, 6.07) is 9.88. The highest BCUT2D eigenvalue weighted by Crippen LogP contribution is 2.16. The molecule has 3 aromatic rings. The molecule has 0 aliphatic carbocycles. The van der Waals surface area contributed by atoms with Gasteiger partial charge in [-0.1, -0.05) is 36.8 Å². The van der Waals surface area contributed by atoms with Crippen LogP contribution in [0.25, 0.3) is 22.4 Å². The Hall–Kier alpha value is -3.33. The maximum Gasteiger partial charge on any atom is 0.333 e. The summed E-state index contributed by atoms with van der Waals surface area (Å²) in [6.45, 7) is 6.27. The molecule has 4 rings (SSSR count). The maximum atomic E-state index is 13.1. The van der Waals surface area contributed by atoms with E-state index in [0.29, 0.717) is 25.0 Å². The first-order valence-corrected chi connectivity index (χ1v) is 11.6. The average Bonchev–Trinajstić information content (AvgIpc) is 2.83. The number of nitrogens with one attached hydrogen (secondary N) is 1. The largest absolute Gasteiger partial charge is 0.353 e. The second kappa shape index (κ2) is 10.1. The lowest BCUT2D eigenvalue weighted by molar-refractivity contribution is -0.121. The zero-order valence-corrected chi connectivity index (χ0v) is 19.2. The van der Waals surface area contributed by atoms with E-state index in [1.165, 1.54) is 30.0 Å². The minimum Gasteiger partial charge on any atom is -0.353 e. The number of nitrogens with zero attached hydrogens (tertiary/aromatic N) is 5. The molecule has 1 aliphatic rings. The molecular formula is C24H30N6O3. The number of piperidine rings is 1. The van der Waals surface area contributed by atoms with Gasteiger partial charge in [0.15, 0.2) is 11.5 Å². The molecule has 1 atom stereocenters. The molecule has 33 heavy (non-hydrogen) atoms. The van der Waals surface area contributed by atoms with Crippen LogP contribution in [0.3, 0.4) is 0 Å². The molecule has 0 spiro atoms. The number of rotatable bonds is 7. The van der Waals surface area contributed by atoms with Crippen LogP contribution in [0.4, 0.5) is 0 Å². The third kappa shape index (κ3) is 4.88.